The zero-order valence-corrected chi connectivity index (χ0v) is 17.6. The summed E-state index contributed by atoms with van der Waals surface area (Å²) in [5.41, 5.74) is 0. The third-order valence-corrected chi connectivity index (χ3v) is 5.85. The summed E-state index contributed by atoms with van der Waals surface area (Å²) in [6, 6.07) is -0.514. The number of hydrogen-bond acceptors (Lipinski definition) is 4. The number of piperazine rings is 1. The molecule has 0 aromatic heterocycles. The smallest absolute Gasteiger partial charge is 0.245 e. The summed E-state index contributed by atoms with van der Waals surface area (Å²) < 4.78 is 0. The lowest BCUT2D eigenvalue weighted by atomic mass is 9.92. The number of nitrogens with one attached hydrogen (secondary N) is 1. The molecule has 2 saturated heterocycles. The molecule has 27 heavy (non-hydrogen) atoms. The van der Waals surface area contributed by atoms with E-state index in [9.17, 15) is 9.59 Å². The zero-order valence-electron chi connectivity index (χ0n) is 17.6. The van der Waals surface area contributed by atoms with E-state index in [1.165, 1.54) is 0 Å². The minimum absolute atomic E-state index is 0.0871. The van der Waals surface area contributed by atoms with Gasteiger partial charge in [-0.15, -0.1) is 0 Å². The Morgan fingerprint density at radius 1 is 1.15 bits per heavy atom. The fourth-order valence-corrected chi connectivity index (χ4v) is 4.37. The molecule has 0 aromatic carbocycles. The summed E-state index contributed by atoms with van der Waals surface area (Å²) in [5, 5.41) is 12.5. The Kier molecular flexibility index (Phi) is 8.55. The van der Waals surface area contributed by atoms with Crippen molar-refractivity contribution in [3.8, 4) is 0 Å². The number of aliphatic hydroxyl groups is 1. The minimum Gasteiger partial charge on any atom is -0.396 e. The second-order valence-corrected chi connectivity index (χ2v) is 9.09. The lowest BCUT2D eigenvalue weighted by Gasteiger charge is -2.42. The standard InChI is InChI=1S/C21H39N3O3/c1-15(2)13-18-20(26)24(11-8-22-18)19(14-16(3)4)21(27)23-9-5-17(6-10-23)7-12-25/h15-19,22,25H,5-14H2,1-4H3/t18-,19?/m0/s1. The molecule has 2 rings (SSSR count). The van der Waals surface area contributed by atoms with Crippen LogP contribution in [0, 0.1) is 17.8 Å². The van der Waals surface area contributed by atoms with Crippen LogP contribution in [0.4, 0.5) is 0 Å². The predicted octanol–water partition coefficient (Wildman–Crippen LogP) is 1.87. The highest BCUT2D eigenvalue weighted by atomic mass is 16.3. The molecule has 0 aliphatic carbocycles. The Hall–Kier alpha value is -1.14. The molecule has 2 fully saturated rings. The van der Waals surface area contributed by atoms with E-state index in [1.54, 1.807) is 0 Å². The molecular weight excluding hydrogens is 342 g/mol. The van der Waals surface area contributed by atoms with Crippen LogP contribution in [0.2, 0.25) is 0 Å². The molecule has 2 aliphatic rings. The predicted molar refractivity (Wildman–Crippen MR) is 107 cm³/mol. The SMILES string of the molecule is CC(C)CC(C(=O)N1CCC(CCO)CC1)N1CCN[C@@H](CC(C)C)C1=O. The largest absolute Gasteiger partial charge is 0.396 e. The van der Waals surface area contributed by atoms with Gasteiger partial charge >= 0.3 is 0 Å². The average molecular weight is 382 g/mol. The highest BCUT2D eigenvalue weighted by Gasteiger charge is 2.39. The number of aliphatic hydroxyl groups excluding tert-OH is 1. The van der Waals surface area contributed by atoms with E-state index in [2.05, 4.69) is 33.0 Å². The van der Waals surface area contributed by atoms with Gasteiger partial charge in [-0.1, -0.05) is 27.7 Å². The molecule has 0 spiro atoms. The summed E-state index contributed by atoms with van der Waals surface area (Å²) in [7, 11) is 0. The lowest BCUT2D eigenvalue weighted by molar-refractivity contribution is -0.150. The third-order valence-electron chi connectivity index (χ3n) is 5.85. The van der Waals surface area contributed by atoms with E-state index in [1.807, 2.05) is 9.80 Å². The minimum atomic E-state index is -0.344. The second-order valence-electron chi connectivity index (χ2n) is 9.09. The molecule has 0 bridgehead atoms. The van der Waals surface area contributed by atoms with Gasteiger partial charge in [-0.05, 0) is 49.9 Å². The molecule has 1 unspecified atom stereocenters. The van der Waals surface area contributed by atoms with Gasteiger partial charge < -0.3 is 20.2 Å². The normalized spacial score (nSPS) is 23.4. The van der Waals surface area contributed by atoms with E-state index in [0.717, 1.165) is 51.7 Å². The molecule has 6 heteroatoms. The third kappa shape index (κ3) is 6.18. The summed E-state index contributed by atoms with van der Waals surface area (Å²) in [4.78, 5) is 30.2. The number of nitrogens with zero attached hydrogens (tertiary/aromatic N) is 2. The summed E-state index contributed by atoms with van der Waals surface area (Å²) >= 11 is 0. The van der Waals surface area contributed by atoms with E-state index < -0.39 is 0 Å². The number of carbonyl (C=O) groups excluding carboxylic acids is 2. The molecule has 2 atom stereocenters. The topological polar surface area (TPSA) is 72.9 Å². The molecule has 2 N–H and O–H groups in total. The van der Waals surface area contributed by atoms with Gasteiger partial charge in [0.05, 0.1) is 6.04 Å². The lowest BCUT2D eigenvalue weighted by Crippen LogP contribution is -2.62. The van der Waals surface area contributed by atoms with Crippen LogP contribution in [-0.2, 0) is 9.59 Å². The number of carbonyl (C=O) groups is 2. The maximum absolute atomic E-state index is 13.3. The Morgan fingerprint density at radius 3 is 2.37 bits per heavy atom. The average Bonchev–Trinajstić information content (AvgIpc) is 2.61. The van der Waals surface area contributed by atoms with Gasteiger partial charge in [0.2, 0.25) is 11.8 Å². The van der Waals surface area contributed by atoms with Crippen molar-refractivity contribution in [2.45, 2.75) is 71.9 Å². The van der Waals surface area contributed by atoms with Gasteiger partial charge in [0, 0.05) is 32.8 Å². The van der Waals surface area contributed by atoms with Crippen molar-refractivity contribution < 1.29 is 14.7 Å². The van der Waals surface area contributed by atoms with Crippen molar-refractivity contribution in [2.75, 3.05) is 32.8 Å². The van der Waals surface area contributed by atoms with Gasteiger partial charge in [0.1, 0.15) is 6.04 Å². The Morgan fingerprint density at radius 2 is 1.81 bits per heavy atom. The van der Waals surface area contributed by atoms with Gasteiger partial charge in [0.15, 0.2) is 0 Å². The number of amides is 2. The number of hydrogen-bond donors (Lipinski definition) is 2. The molecule has 2 amide bonds. The first-order valence-electron chi connectivity index (χ1n) is 10.8. The van der Waals surface area contributed by atoms with Crippen LogP contribution >= 0.6 is 0 Å². The monoisotopic (exact) mass is 381 g/mol. The fraction of sp³-hybridized carbons (Fsp3) is 0.905. The van der Waals surface area contributed by atoms with E-state index >= 15 is 0 Å². The van der Waals surface area contributed by atoms with Crippen molar-refractivity contribution in [3.05, 3.63) is 0 Å². The van der Waals surface area contributed by atoms with Gasteiger partial charge in [-0.25, -0.2) is 0 Å². The Balaban J connectivity index is 2.07. The molecule has 0 aromatic rings. The summed E-state index contributed by atoms with van der Waals surface area (Å²) in [5.74, 6) is 1.51. The van der Waals surface area contributed by atoms with Crippen LogP contribution in [0.5, 0.6) is 0 Å². The second kappa shape index (κ2) is 10.4. The van der Waals surface area contributed by atoms with E-state index in [-0.39, 0.29) is 30.5 Å². The first-order valence-corrected chi connectivity index (χ1v) is 10.8. The maximum atomic E-state index is 13.3. The Bertz CT molecular complexity index is 487. The van der Waals surface area contributed by atoms with Crippen LogP contribution < -0.4 is 5.32 Å². The van der Waals surface area contributed by atoms with Crippen LogP contribution in [0.15, 0.2) is 0 Å². The molecule has 2 heterocycles. The highest BCUT2D eigenvalue weighted by molar-refractivity contribution is 5.90. The van der Waals surface area contributed by atoms with Crippen LogP contribution in [0.3, 0.4) is 0 Å². The van der Waals surface area contributed by atoms with Crippen LogP contribution in [0.25, 0.3) is 0 Å². The first-order chi connectivity index (χ1) is 12.8. The molecule has 0 radical (unpaired) electrons. The summed E-state index contributed by atoms with van der Waals surface area (Å²) in [6.45, 7) is 11.6. The molecule has 6 nitrogen and oxygen atoms in total. The number of rotatable bonds is 8. The van der Waals surface area contributed by atoms with Crippen LogP contribution in [-0.4, -0.2) is 71.6 Å². The fourth-order valence-electron chi connectivity index (χ4n) is 4.37. The summed E-state index contributed by atoms with van der Waals surface area (Å²) in [6.07, 6.45) is 4.25. The quantitative estimate of drug-likeness (QED) is 0.673. The highest BCUT2D eigenvalue weighted by Crippen LogP contribution is 2.24. The first kappa shape index (κ1) is 22.2. The van der Waals surface area contributed by atoms with Crippen molar-refractivity contribution in [1.29, 1.82) is 0 Å². The number of piperidine rings is 1. The van der Waals surface area contributed by atoms with Crippen molar-refractivity contribution in [1.82, 2.24) is 15.1 Å². The molecule has 2 aliphatic heterocycles. The van der Waals surface area contributed by atoms with Crippen LogP contribution in [0.1, 0.15) is 59.8 Å². The van der Waals surface area contributed by atoms with Crippen molar-refractivity contribution >= 4 is 11.8 Å². The van der Waals surface area contributed by atoms with Gasteiger partial charge in [-0.2, -0.15) is 0 Å². The van der Waals surface area contributed by atoms with E-state index in [4.69, 9.17) is 5.11 Å². The van der Waals surface area contributed by atoms with E-state index in [0.29, 0.717) is 24.3 Å². The van der Waals surface area contributed by atoms with Crippen molar-refractivity contribution in [2.24, 2.45) is 17.8 Å². The molecule has 156 valence electrons. The molecular formula is C21H39N3O3. The zero-order chi connectivity index (χ0) is 20.0. The van der Waals surface area contributed by atoms with Crippen molar-refractivity contribution in [3.63, 3.8) is 0 Å². The Labute approximate surface area is 164 Å². The van der Waals surface area contributed by atoms with Gasteiger partial charge in [-0.3, -0.25) is 9.59 Å². The van der Waals surface area contributed by atoms with Gasteiger partial charge in [0.25, 0.3) is 0 Å². The number of likely N-dealkylation sites (tertiary alicyclic amines) is 1. The molecule has 0 saturated carbocycles. The maximum Gasteiger partial charge on any atom is 0.245 e.